The lowest BCUT2D eigenvalue weighted by atomic mass is 9.79. The fourth-order valence-corrected chi connectivity index (χ4v) is 3.09. The van der Waals surface area contributed by atoms with Gasteiger partial charge in [0.05, 0.1) is 0 Å². The van der Waals surface area contributed by atoms with Crippen molar-refractivity contribution in [2.75, 3.05) is 0 Å². The molecule has 0 heterocycles. The Bertz CT molecular complexity index is 445. The molecule has 0 bridgehead atoms. The average Bonchev–Trinajstić information content (AvgIpc) is 2.38. The Hall–Kier alpha value is -1.51. The van der Waals surface area contributed by atoms with Gasteiger partial charge in [-0.3, -0.25) is 0 Å². The van der Waals surface area contributed by atoms with Gasteiger partial charge in [-0.05, 0) is 43.7 Å². The summed E-state index contributed by atoms with van der Waals surface area (Å²) >= 11 is 0. The molecule has 1 aliphatic carbocycles. The number of hydrogen-bond acceptors (Lipinski definition) is 2. The summed E-state index contributed by atoms with van der Waals surface area (Å²) in [4.78, 5) is 10.9. The summed E-state index contributed by atoms with van der Waals surface area (Å²) in [5.41, 5.74) is 1.47. The topological polar surface area (TPSA) is 46.5 Å². The van der Waals surface area contributed by atoms with Crippen molar-refractivity contribution in [3.8, 4) is 0 Å². The zero-order valence-electron chi connectivity index (χ0n) is 11.7. The lowest BCUT2D eigenvalue weighted by Crippen LogP contribution is -2.27. The Balaban J connectivity index is 2.31. The van der Waals surface area contributed by atoms with Gasteiger partial charge in [0.15, 0.2) is 0 Å². The van der Waals surface area contributed by atoms with Crippen LogP contribution in [0.25, 0.3) is 0 Å². The largest absolute Gasteiger partial charge is 0.506 e. The van der Waals surface area contributed by atoms with E-state index in [4.69, 9.17) is 9.84 Å². The molecule has 0 amide bonds. The van der Waals surface area contributed by atoms with Gasteiger partial charge in [0.1, 0.15) is 5.60 Å². The second-order valence-corrected chi connectivity index (χ2v) is 5.80. The SMILES string of the molecule is CC(C)(OC(=O)O)c1ccccc1C1CCCCC1. The minimum absolute atomic E-state index is 0.543. The van der Waals surface area contributed by atoms with E-state index in [-0.39, 0.29) is 0 Å². The fourth-order valence-electron chi connectivity index (χ4n) is 3.09. The van der Waals surface area contributed by atoms with E-state index in [1.54, 1.807) is 0 Å². The highest BCUT2D eigenvalue weighted by atomic mass is 16.7. The molecular formula is C16H22O3. The van der Waals surface area contributed by atoms with E-state index < -0.39 is 11.8 Å². The maximum atomic E-state index is 10.9. The first-order valence-corrected chi connectivity index (χ1v) is 7.02. The molecule has 0 aliphatic heterocycles. The standard InChI is InChI=1S/C16H22O3/c1-16(2,19-15(17)18)14-11-7-6-10-13(14)12-8-4-3-5-9-12/h6-7,10-12H,3-5,8-9H2,1-2H3,(H,17,18). The van der Waals surface area contributed by atoms with Crippen LogP contribution in [0.3, 0.4) is 0 Å². The van der Waals surface area contributed by atoms with Gasteiger partial charge in [-0.1, -0.05) is 43.5 Å². The van der Waals surface area contributed by atoms with E-state index in [0.717, 1.165) is 5.56 Å². The maximum Gasteiger partial charge on any atom is 0.506 e. The van der Waals surface area contributed by atoms with Crippen molar-refractivity contribution in [3.63, 3.8) is 0 Å². The van der Waals surface area contributed by atoms with Crippen molar-refractivity contribution in [1.29, 1.82) is 0 Å². The van der Waals surface area contributed by atoms with Gasteiger partial charge in [0.25, 0.3) is 0 Å². The first-order valence-electron chi connectivity index (χ1n) is 7.02. The molecule has 1 N–H and O–H groups in total. The Morgan fingerprint density at radius 1 is 1.21 bits per heavy atom. The molecular weight excluding hydrogens is 240 g/mol. The van der Waals surface area contributed by atoms with Gasteiger partial charge in [0, 0.05) is 0 Å². The van der Waals surface area contributed by atoms with Crippen LogP contribution in [0, 0.1) is 0 Å². The molecule has 0 saturated heterocycles. The van der Waals surface area contributed by atoms with Crippen molar-refractivity contribution < 1.29 is 14.6 Å². The monoisotopic (exact) mass is 262 g/mol. The number of ether oxygens (including phenoxy) is 1. The molecule has 1 fully saturated rings. The predicted molar refractivity (Wildman–Crippen MR) is 74.4 cm³/mol. The third-order valence-corrected chi connectivity index (χ3v) is 4.00. The second kappa shape index (κ2) is 5.64. The van der Waals surface area contributed by atoms with Crippen LogP contribution in [0.2, 0.25) is 0 Å². The zero-order chi connectivity index (χ0) is 13.9. The van der Waals surface area contributed by atoms with Crippen molar-refractivity contribution in [3.05, 3.63) is 35.4 Å². The molecule has 1 aromatic carbocycles. The molecule has 2 rings (SSSR count). The lowest BCUT2D eigenvalue weighted by Gasteiger charge is -2.31. The van der Waals surface area contributed by atoms with Crippen molar-refractivity contribution in [2.45, 2.75) is 57.5 Å². The van der Waals surface area contributed by atoms with Crippen LogP contribution >= 0.6 is 0 Å². The third-order valence-electron chi connectivity index (χ3n) is 4.00. The molecule has 1 aromatic rings. The van der Waals surface area contributed by atoms with E-state index >= 15 is 0 Å². The molecule has 1 saturated carbocycles. The van der Waals surface area contributed by atoms with Crippen LogP contribution in [-0.4, -0.2) is 11.3 Å². The summed E-state index contributed by atoms with van der Waals surface area (Å²) in [5, 5.41) is 8.89. The van der Waals surface area contributed by atoms with Crippen LogP contribution in [0.1, 0.15) is 63.0 Å². The molecule has 0 atom stereocenters. The van der Waals surface area contributed by atoms with Crippen LogP contribution in [-0.2, 0) is 10.3 Å². The Kier molecular flexibility index (Phi) is 4.13. The summed E-state index contributed by atoms with van der Waals surface area (Å²) in [7, 11) is 0. The van der Waals surface area contributed by atoms with Crippen molar-refractivity contribution in [2.24, 2.45) is 0 Å². The molecule has 0 spiro atoms. The van der Waals surface area contributed by atoms with Crippen LogP contribution in [0.5, 0.6) is 0 Å². The Labute approximate surface area is 114 Å². The quantitative estimate of drug-likeness (QED) is 0.805. The first kappa shape index (κ1) is 13.9. The minimum Gasteiger partial charge on any atom is -0.450 e. The van der Waals surface area contributed by atoms with Gasteiger partial charge < -0.3 is 9.84 Å². The Morgan fingerprint density at radius 3 is 2.47 bits per heavy atom. The number of rotatable bonds is 3. The summed E-state index contributed by atoms with van der Waals surface area (Å²) in [5.74, 6) is 0.543. The minimum atomic E-state index is -1.22. The molecule has 19 heavy (non-hydrogen) atoms. The molecule has 0 aromatic heterocycles. The van der Waals surface area contributed by atoms with E-state index in [9.17, 15) is 4.79 Å². The van der Waals surface area contributed by atoms with Crippen molar-refractivity contribution >= 4 is 6.16 Å². The van der Waals surface area contributed by atoms with Crippen LogP contribution < -0.4 is 0 Å². The second-order valence-electron chi connectivity index (χ2n) is 5.80. The smallest absolute Gasteiger partial charge is 0.450 e. The van der Waals surface area contributed by atoms with Crippen LogP contribution in [0.15, 0.2) is 24.3 Å². The number of carbonyl (C=O) groups is 1. The van der Waals surface area contributed by atoms with Gasteiger partial charge >= 0.3 is 6.16 Å². The lowest BCUT2D eigenvalue weighted by molar-refractivity contribution is 0.000266. The number of carboxylic acid groups (broad SMARTS) is 1. The average molecular weight is 262 g/mol. The fraction of sp³-hybridized carbons (Fsp3) is 0.562. The molecule has 0 unspecified atom stereocenters. The summed E-state index contributed by atoms with van der Waals surface area (Å²) in [6, 6.07) is 8.10. The molecule has 104 valence electrons. The van der Waals surface area contributed by atoms with Gasteiger partial charge in [0.2, 0.25) is 0 Å². The summed E-state index contributed by atoms with van der Waals surface area (Å²) in [6.45, 7) is 3.64. The van der Waals surface area contributed by atoms with Gasteiger partial charge in [-0.15, -0.1) is 0 Å². The molecule has 1 aliphatic rings. The highest BCUT2D eigenvalue weighted by molar-refractivity contribution is 5.58. The van der Waals surface area contributed by atoms with Crippen molar-refractivity contribution in [1.82, 2.24) is 0 Å². The third kappa shape index (κ3) is 3.28. The normalized spacial score (nSPS) is 17.2. The van der Waals surface area contributed by atoms with E-state index in [1.165, 1.54) is 37.7 Å². The molecule has 0 radical (unpaired) electrons. The highest BCUT2D eigenvalue weighted by Crippen LogP contribution is 2.38. The Morgan fingerprint density at radius 2 is 1.84 bits per heavy atom. The van der Waals surface area contributed by atoms with Gasteiger partial charge in [-0.25, -0.2) is 4.79 Å². The number of benzene rings is 1. The highest BCUT2D eigenvalue weighted by Gasteiger charge is 2.30. The number of hydrogen-bond donors (Lipinski definition) is 1. The first-order chi connectivity index (χ1) is 9.00. The van der Waals surface area contributed by atoms with Crippen LogP contribution in [0.4, 0.5) is 4.79 Å². The molecule has 3 nitrogen and oxygen atoms in total. The molecule has 3 heteroatoms. The van der Waals surface area contributed by atoms with E-state index in [2.05, 4.69) is 6.07 Å². The summed E-state index contributed by atoms with van der Waals surface area (Å²) in [6.07, 6.45) is 5.01. The predicted octanol–water partition coefficient (Wildman–Crippen LogP) is 4.66. The maximum absolute atomic E-state index is 10.9. The summed E-state index contributed by atoms with van der Waals surface area (Å²) < 4.78 is 5.07. The van der Waals surface area contributed by atoms with Gasteiger partial charge in [-0.2, -0.15) is 0 Å². The van der Waals surface area contributed by atoms with E-state index in [0.29, 0.717) is 5.92 Å². The zero-order valence-corrected chi connectivity index (χ0v) is 11.7. The van der Waals surface area contributed by atoms with E-state index in [1.807, 2.05) is 32.0 Å².